The molecule has 1 aromatic carbocycles. The van der Waals surface area contributed by atoms with E-state index in [1.807, 2.05) is 18.3 Å². The van der Waals surface area contributed by atoms with Crippen molar-refractivity contribution < 1.29 is 4.79 Å². The van der Waals surface area contributed by atoms with E-state index in [0.29, 0.717) is 18.2 Å². The van der Waals surface area contributed by atoms with E-state index in [9.17, 15) is 4.79 Å². The van der Waals surface area contributed by atoms with Gasteiger partial charge in [0.05, 0.1) is 16.1 Å². The zero-order chi connectivity index (χ0) is 14.1. The van der Waals surface area contributed by atoms with Crippen LogP contribution in [0.4, 0.5) is 5.13 Å². The predicted molar refractivity (Wildman–Crippen MR) is 81.6 cm³/mol. The number of anilines is 1. The molecule has 1 aliphatic heterocycles. The number of hydrogen-bond donors (Lipinski definition) is 1. The highest BCUT2D eigenvalue weighted by atomic mass is 79.9. The van der Waals surface area contributed by atoms with E-state index in [2.05, 4.69) is 32.3 Å². The third kappa shape index (κ3) is 2.49. The molecule has 1 fully saturated rings. The number of halogens is 1. The summed E-state index contributed by atoms with van der Waals surface area (Å²) in [5, 5.41) is 12.9. The molecule has 1 amide bonds. The highest BCUT2D eigenvalue weighted by Gasteiger charge is 2.32. The number of nitrogens with zero attached hydrogens (tertiary/aromatic N) is 3. The molecule has 102 valence electrons. The largest absolute Gasteiger partial charge is 0.309 e. The maximum Gasteiger partial charge on any atom is 0.232 e. The summed E-state index contributed by atoms with van der Waals surface area (Å²) in [4.78, 5) is 17.9. The van der Waals surface area contributed by atoms with Gasteiger partial charge in [-0.3, -0.25) is 4.79 Å². The van der Waals surface area contributed by atoms with E-state index >= 15 is 0 Å². The number of aromatic nitrogens is 1. The fourth-order valence-electron chi connectivity index (χ4n) is 2.04. The van der Waals surface area contributed by atoms with Gasteiger partial charge in [-0.15, -0.1) is 0 Å². The van der Waals surface area contributed by atoms with Crippen molar-refractivity contribution in [3.05, 3.63) is 23.8 Å². The third-order valence-corrected chi connectivity index (χ3v) is 4.81. The Morgan fingerprint density at radius 3 is 3.10 bits per heavy atom. The number of alkyl halides is 1. The molecule has 5 nitrogen and oxygen atoms in total. The summed E-state index contributed by atoms with van der Waals surface area (Å²) in [7, 11) is 0. The Morgan fingerprint density at radius 1 is 1.60 bits per heavy atom. The molecule has 1 aliphatic rings. The van der Waals surface area contributed by atoms with Crippen LogP contribution in [-0.4, -0.2) is 28.9 Å². The van der Waals surface area contributed by atoms with E-state index in [-0.39, 0.29) is 11.8 Å². The minimum Gasteiger partial charge on any atom is -0.309 e. The molecule has 0 bridgehead atoms. The van der Waals surface area contributed by atoms with E-state index < -0.39 is 0 Å². The van der Waals surface area contributed by atoms with Gasteiger partial charge in [-0.1, -0.05) is 33.3 Å². The summed E-state index contributed by atoms with van der Waals surface area (Å²) >= 11 is 4.89. The zero-order valence-electron chi connectivity index (χ0n) is 10.5. The van der Waals surface area contributed by atoms with Crippen molar-refractivity contribution in [2.24, 2.45) is 5.92 Å². The average molecular weight is 351 g/mol. The molecule has 2 aromatic rings. The van der Waals surface area contributed by atoms with E-state index in [1.54, 1.807) is 4.90 Å². The second-order valence-electron chi connectivity index (χ2n) is 4.65. The van der Waals surface area contributed by atoms with Crippen molar-refractivity contribution in [1.29, 1.82) is 5.26 Å². The summed E-state index contributed by atoms with van der Waals surface area (Å²) in [6, 6.07) is 6.04. The van der Waals surface area contributed by atoms with Crippen LogP contribution < -0.4 is 5.32 Å². The van der Waals surface area contributed by atoms with Crippen LogP contribution in [0.1, 0.15) is 5.56 Å². The van der Waals surface area contributed by atoms with Gasteiger partial charge in [0.2, 0.25) is 5.91 Å². The van der Waals surface area contributed by atoms with E-state index in [4.69, 9.17) is 5.26 Å². The van der Waals surface area contributed by atoms with Crippen LogP contribution >= 0.6 is 27.3 Å². The Labute approximate surface area is 128 Å². The van der Waals surface area contributed by atoms with Crippen LogP contribution in [0.5, 0.6) is 0 Å². The van der Waals surface area contributed by atoms with E-state index in [1.165, 1.54) is 16.9 Å². The second kappa shape index (κ2) is 5.38. The number of rotatable bonds is 3. The predicted octanol–water partition coefficient (Wildman–Crippen LogP) is 2.54. The Balaban J connectivity index is 1.72. The number of hydrogen-bond acceptors (Lipinski definition) is 5. The molecule has 0 unspecified atom stereocenters. The van der Waals surface area contributed by atoms with Crippen molar-refractivity contribution in [1.82, 2.24) is 9.88 Å². The van der Waals surface area contributed by atoms with Crippen molar-refractivity contribution in [2.75, 3.05) is 18.4 Å². The van der Waals surface area contributed by atoms with Gasteiger partial charge in [-0.2, -0.15) is 5.26 Å². The van der Waals surface area contributed by atoms with Crippen molar-refractivity contribution in [2.45, 2.75) is 5.33 Å². The molecule has 0 saturated carbocycles. The number of nitriles is 1. The summed E-state index contributed by atoms with van der Waals surface area (Å²) in [6.07, 6.45) is 2.02. The Hall–Kier alpha value is -1.65. The smallest absolute Gasteiger partial charge is 0.232 e. The van der Waals surface area contributed by atoms with Crippen LogP contribution in [0.25, 0.3) is 10.2 Å². The molecule has 20 heavy (non-hydrogen) atoms. The van der Waals surface area contributed by atoms with Gasteiger partial charge in [-0.25, -0.2) is 4.98 Å². The number of amides is 1. The SMILES string of the molecule is N#CN1CC(C(=O)Nc2nc3ccc(CBr)cc3s2)C1. The lowest BCUT2D eigenvalue weighted by Gasteiger charge is -2.33. The molecule has 7 heteroatoms. The number of carbonyl (C=O) groups excluding carboxylic acids is 1. The highest BCUT2D eigenvalue weighted by molar-refractivity contribution is 9.08. The lowest BCUT2D eigenvalue weighted by atomic mass is 10.0. The van der Waals surface area contributed by atoms with Crippen molar-refractivity contribution >= 4 is 48.5 Å². The third-order valence-electron chi connectivity index (χ3n) is 3.23. The number of thiazole rings is 1. The molecule has 0 radical (unpaired) electrons. The van der Waals surface area contributed by atoms with Crippen molar-refractivity contribution in [3.63, 3.8) is 0 Å². The summed E-state index contributed by atoms with van der Waals surface area (Å²) in [6.45, 7) is 1.00. The molecule has 1 saturated heterocycles. The van der Waals surface area contributed by atoms with Crippen LogP contribution in [0.3, 0.4) is 0 Å². The van der Waals surface area contributed by atoms with Crippen LogP contribution in [0.15, 0.2) is 18.2 Å². The minimum atomic E-state index is -0.111. The second-order valence-corrected chi connectivity index (χ2v) is 6.24. The first-order valence-electron chi connectivity index (χ1n) is 6.10. The Morgan fingerprint density at radius 2 is 2.40 bits per heavy atom. The maximum absolute atomic E-state index is 12.0. The molecule has 1 N–H and O–H groups in total. The fourth-order valence-corrected chi connectivity index (χ4v) is 3.32. The standard InChI is InChI=1S/C13H11BrN4OS/c14-4-8-1-2-10-11(3-8)20-13(16-10)17-12(19)9-5-18(6-9)7-15/h1-3,9H,4-6H2,(H,16,17,19). The molecule has 0 spiro atoms. The van der Waals surface area contributed by atoms with Gasteiger partial charge in [0.25, 0.3) is 0 Å². The number of nitrogens with one attached hydrogen (secondary N) is 1. The first-order chi connectivity index (χ1) is 9.69. The lowest BCUT2D eigenvalue weighted by molar-refractivity contribution is -0.123. The molecule has 2 heterocycles. The fraction of sp³-hybridized carbons (Fsp3) is 0.308. The normalized spacial score (nSPS) is 14.9. The molecular formula is C13H11BrN4OS. The first-order valence-corrected chi connectivity index (χ1v) is 8.04. The lowest BCUT2D eigenvalue weighted by Crippen LogP contribution is -2.49. The van der Waals surface area contributed by atoms with Gasteiger partial charge >= 0.3 is 0 Å². The summed E-state index contributed by atoms with van der Waals surface area (Å²) in [5.74, 6) is -0.170. The molecule has 0 atom stereocenters. The molecule has 0 aliphatic carbocycles. The van der Waals surface area contributed by atoms with E-state index in [0.717, 1.165) is 15.5 Å². The van der Waals surface area contributed by atoms with Gasteiger partial charge in [0, 0.05) is 18.4 Å². The Kier molecular flexibility index (Phi) is 3.59. The Bertz CT molecular complexity index is 702. The monoisotopic (exact) mass is 350 g/mol. The molecule has 3 rings (SSSR count). The van der Waals surface area contributed by atoms with Crippen LogP contribution in [-0.2, 0) is 10.1 Å². The summed E-state index contributed by atoms with van der Waals surface area (Å²) < 4.78 is 1.06. The quantitative estimate of drug-likeness (QED) is 0.682. The first kappa shape index (κ1) is 13.3. The zero-order valence-corrected chi connectivity index (χ0v) is 12.9. The number of likely N-dealkylation sites (tertiary alicyclic amines) is 1. The van der Waals surface area contributed by atoms with Gasteiger partial charge in [0.1, 0.15) is 0 Å². The van der Waals surface area contributed by atoms with Gasteiger partial charge < -0.3 is 10.2 Å². The van der Waals surface area contributed by atoms with Gasteiger partial charge in [0.15, 0.2) is 11.3 Å². The minimum absolute atomic E-state index is 0.0590. The number of carbonyl (C=O) groups is 1. The maximum atomic E-state index is 12.0. The average Bonchev–Trinajstić information content (AvgIpc) is 2.78. The topological polar surface area (TPSA) is 69.0 Å². The summed E-state index contributed by atoms with van der Waals surface area (Å²) in [5.41, 5.74) is 2.07. The molecular weight excluding hydrogens is 340 g/mol. The highest BCUT2D eigenvalue weighted by Crippen LogP contribution is 2.28. The van der Waals surface area contributed by atoms with Crippen LogP contribution in [0.2, 0.25) is 0 Å². The molecule has 1 aromatic heterocycles. The number of fused-ring (bicyclic) bond motifs is 1. The van der Waals surface area contributed by atoms with Crippen molar-refractivity contribution in [3.8, 4) is 6.19 Å². The van der Waals surface area contributed by atoms with Crippen LogP contribution in [0, 0.1) is 17.4 Å². The van der Waals surface area contributed by atoms with Gasteiger partial charge in [-0.05, 0) is 17.7 Å². The number of benzene rings is 1.